The molecule has 0 aromatic carbocycles. The highest BCUT2D eigenvalue weighted by Crippen LogP contribution is 2.30. The van der Waals surface area contributed by atoms with Crippen LogP contribution in [0.1, 0.15) is 70.6 Å². The van der Waals surface area contributed by atoms with E-state index in [1.807, 2.05) is 0 Å². The Labute approximate surface area is 107 Å². The van der Waals surface area contributed by atoms with Gasteiger partial charge in [0, 0.05) is 11.6 Å². The predicted octanol–water partition coefficient (Wildman–Crippen LogP) is 3.22. The smallest absolute Gasteiger partial charge is 0.0190 e. The maximum atomic E-state index is 3.79. The van der Waals surface area contributed by atoms with Gasteiger partial charge in [-0.25, -0.2) is 0 Å². The second kappa shape index (κ2) is 6.75. The highest BCUT2D eigenvalue weighted by Gasteiger charge is 2.29. The summed E-state index contributed by atoms with van der Waals surface area (Å²) >= 11 is 0. The van der Waals surface area contributed by atoms with Gasteiger partial charge in [0.05, 0.1) is 0 Å². The molecule has 0 bridgehead atoms. The van der Waals surface area contributed by atoms with Gasteiger partial charge in [-0.05, 0) is 45.7 Å². The van der Waals surface area contributed by atoms with Crippen molar-refractivity contribution < 1.29 is 0 Å². The lowest BCUT2D eigenvalue weighted by Gasteiger charge is -2.38. The van der Waals surface area contributed by atoms with Crippen LogP contribution in [0.3, 0.4) is 0 Å². The third kappa shape index (κ3) is 3.96. The molecule has 2 aliphatic carbocycles. The maximum absolute atomic E-state index is 3.79. The molecule has 0 aromatic heterocycles. The predicted molar refractivity (Wildman–Crippen MR) is 74.4 cm³/mol. The molecule has 2 rings (SSSR count). The van der Waals surface area contributed by atoms with Gasteiger partial charge in [-0.1, -0.05) is 38.5 Å². The first kappa shape index (κ1) is 13.4. The van der Waals surface area contributed by atoms with Gasteiger partial charge in [0.1, 0.15) is 0 Å². The SMILES string of the molecule is CNC1(CCNC2CCCCC2)CCCCC1. The molecular weight excluding hydrogens is 208 g/mol. The van der Waals surface area contributed by atoms with Crippen molar-refractivity contribution in [1.29, 1.82) is 0 Å². The van der Waals surface area contributed by atoms with Crippen LogP contribution in [0.25, 0.3) is 0 Å². The molecule has 0 amide bonds. The van der Waals surface area contributed by atoms with E-state index < -0.39 is 0 Å². The van der Waals surface area contributed by atoms with E-state index in [9.17, 15) is 0 Å². The highest BCUT2D eigenvalue weighted by molar-refractivity contribution is 4.90. The molecule has 2 fully saturated rings. The average Bonchev–Trinajstić information content (AvgIpc) is 2.41. The van der Waals surface area contributed by atoms with Gasteiger partial charge < -0.3 is 10.6 Å². The highest BCUT2D eigenvalue weighted by atomic mass is 15.0. The molecule has 2 saturated carbocycles. The minimum absolute atomic E-state index is 0.458. The average molecular weight is 238 g/mol. The van der Waals surface area contributed by atoms with Crippen molar-refractivity contribution in [3.63, 3.8) is 0 Å². The lowest BCUT2D eigenvalue weighted by Crippen LogP contribution is -2.47. The molecule has 0 saturated heterocycles. The van der Waals surface area contributed by atoms with Crippen molar-refractivity contribution in [3.8, 4) is 0 Å². The summed E-state index contributed by atoms with van der Waals surface area (Å²) in [6.07, 6.45) is 15.5. The van der Waals surface area contributed by atoms with E-state index in [1.165, 1.54) is 77.2 Å². The molecule has 0 radical (unpaired) electrons. The van der Waals surface area contributed by atoms with Gasteiger partial charge >= 0.3 is 0 Å². The summed E-state index contributed by atoms with van der Waals surface area (Å²) in [4.78, 5) is 0. The van der Waals surface area contributed by atoms with E-state index in [0.717, 1.165) is 6.04 Å². The Bertz CT molecular complexity index is 203. The van der Waals surface area contributed by atoms with Crippen molar-refractivity contribution >= 4 is 0 Å². The number of rotatable bonds is 5. The van der Waals surface area contributed by atoms with Gasteiger partial charge in [-0.15, -0.1) is 0 Å². The van der Waals surface area contributed by atoms with Crippen LogP contribution in [-0.2, 0) is 0 Å². The van der Waals surface area contributed by atoms with Crippen LogP contribution >= 0.6 is 0 Å². The van der Waals surface area contributed by atoms with Crippen molar-refractivity contribution in [1.82, 2.24) is 10.6 Å². The van der Waals surface area contributed by atoms with Crippen molar-refractivity contribution in [2.75, 3.05) is 13.6 Å². The minimum atomic E-state index is 0.458. The molecule has 2 aliphatic rings. The molecule has 0 atom stereocenters. The van der Waals surface area contributed by atoms with Crippen LogP contribution < -0.4 is 10.6 Å². The molecule has 0 heterocycles. The monoisotopic (exact) mass is 238 g/mol. The van der Waals surface area contributed by atoms with Gasteiger partial charge in [-0.2, -0.15) is 0 Å². The Hall–Kier alpha value is -0.0800. The number of hydrogen-bond donors (Lipinski definition) is 2. The topological polar surface area (TPSA) is 24.1 Å². The lowest BCUT2D eigenvalue weighted by molar-refractivity contribution is 0.222. The summed E-state index contributed by atoms with van der Waals surface area (Å²) in [5.74, 6) is 0. The van der Waals surface area contributed by atoms with E-state index >= 15 is 0 Å². The van der Waals surface area contributed by atoms with Crippen LogP contribution in [-0.4, -0.2) is 25.2 Å². The Balaban J connectivity index is 1.68. The zero-order chi connectivity index (χ0) is 12.0. The Morgan fingerprint density at radius 3 is 2.24 bits per heavy atom. The third-order valence-electron chi connectivity index (χ3n) is 4.98. The molecule has 0 aliphatic heterocycles. The van der Waals surface area contributed by atoms with Crippen LogP contribution in [0.2, 0.25) is 0 Å². The van der Waals surface area contributed by atoms with Crippen LogP contribution in [0.15, 0.2) is 0 Å². The van der Waals surface area contributed by atoms with Crippen molar-refractivity contribution in [3.05, 3.63) is 0 Å². The van der Waals surface area contributed by atoms with E-state index in [-0.39, 0.29) is 0 Å². The van der Waals surface area contributed by atoms with Crippen molar-refractivity contribution in [2.24, 2.45) is 0 Å². The lowest BCUT2D eigenvalue weighted by atomic mass is 9.79. The third-order valence-corrected chi connectivity index (χ3v) is 4.98. The molecule has 0 aromatic rings. The summed E-state index contributed by atoms with van der Waals surface area (Å²) in [6.45, 7) is 1.21. The molecule has 2 N–H and O–H groups in total. The minimum Gasteiger partial charge on any atom is -0.314 e. The zero-order valence-electron chi connectivity index (χ0n) is 11.6. The molecule has 2 heteroatoms. The van der Waals surface area contributed by atoms with Gasteiger partial charge in [0.15, 0.2) is 0 Å². The van der Waals surface area contributed by atoms with Gasteiger partial charge in [0.25, 0.3) is 0 Å². The van der Waals surface area contributed by atoms with E-state index in [4.69, 9.17) is 0 Å². The van der Waals surface area contributed by atoms with E-state index in [0.29, 0.717) is 5.54 Å². The standard InChI is InChI=1S/C15H30N2/c1-16-15(10-6-3-7-11-15)12-13-17-14-8-4-2-5-9-14/h14,16-17H,2-13H2,1H3. The van der Waals surface area contributed by atoms with Gasteiger partial charge in [0.2, 0.25) is 0 Å². The zero-order valence-corrected chi connectivity index (χ0v) is 11.6. The molecular formula is C15H30N2. The molecule has 17 heavy (non-hydrogen) atoms. The number of hydrogen-bond acceptors (Lipinski definition) is 2. The quantitative estimate of drug-likeness (QED) is 0.768. The van der Waals surface area contributed by atoms with E-state index in [2.05, 4.69) is 17.7 Å². The molecule has 100 valence electrons. The Morgan fingerprint density at radius 1 is 0.941 bits per heavy atom. The first-order chi connectivity index (χ1) is 8.35. The molecule has 0 unspecified atom stereocenters. The summed E-state index contributed by atoms with van der Waals surface area (Å²) in [6, 6.07) is 0.821. The first-order valence-electron chi connectivity index (χ1n) is 7.77. The molecule has 0 spiro atoms. The maximum Gasteiger partial charge on any atom is 0.0190 e. The summed E-state index contributed by atoms with van der Waals surface area (Å²) in [5.41, 5.74) is 0.458. The Morgan fingerprint density at radius 2 is 1.59 bits per heavy atom. The normalized spacial score (nSPS) is 25.9. The summed E-state index contributed by atoms with van der Waals surface area (Å²) in [7, 11) is 2.16. The largest absolute Gasteiger partial charge is 0.314 e. The fourth-order valence-electron chi connectivity index (χ4n) is 3.68. The fraction of sp³-hybridized carbons (Fsp3) is 1.00. The fourth-order valence-corrected chi connectivity index (χ4v) is 3.68. The second-order valence-corrected chi connectivity index (χ2v) is 6.13. The second-order valence-electron chi connectivity index (χ2n) is 6.13. The van der Waals surface area contributed by atoms with Crippen LogP contribution in [0.4, 0.5) is 0 Å². The molecule has 2 nitrogen and oxygen atoms in total. The van der Waals surface area contributed by atoms with E-state index in [1.54, 1.807) is 0 Å². The van der Waals surface area contributed by atoms with Crippen LogP contribution in [0, 0.1) is 0 Å². The van der Waals surface area contributed by atoms with Crippen molar-refractivity contribution in [2.45, 2.75) is 82.2 Å². The summed E-state index contributed by atoms with van der Waals surface area (Å²) in [5, 5.41) is 7.40. The summed E-state index contributed by atoms with van der Waals surface area (Å²) < 4.78 is 0. The van der Waals surface area contributed by atoms with Crippen LogP contribution in [0.5, 0.6) is 0 Å². The first-order valence-corrected chi connectivity index (χ1v) is 7.77. The Kier molecular flexibility index (Phi) is 5.30. The number of nitrogens with one attached hydrogen (secondary N) is 2. The van der Waals surface area contributed by atoms with Gasteiger partial charge in [-0.3, -0.25) is 0 Å².